The first kappa shape index (κ1) is 14.0. The molecular formula is C12H16N2O4. The molecule has 1 aromatic rings. The number of anilines is 1. The van der Waals surface area contributed by atoms with Gasteiger partial charge in [-0.15, -0.1) is 0 Å². The summed E-state index contributed by atoms with van der Waals surface area (Å²) in [5.74, 6) is 0. The molecule has 1 rings (SSSR count). The van der Waals surface area contributed by atoms with E-state index in [0.717, 1.165) is 12.8 Å². The Kier molecular flexibility index (Phi) is 5.10. The van der Waals surface area contributed by atoms with Gasteiger partial charge in [0.1, 0.15) is 0 Å². The van der Waals surface area contributed by atoms with Crippen LogP contribution in [0.5, 0.6) is 0 Å². The van der Waals surface area contributed by atoms with Crippen LogP contribution in [0.1, 0.15) is 25.3 Å². The van der Waals surface area contributed by atoms with Gasteiger partial charge in [-0.1, -0.05) is 19.4 Å². The molecule has 0 aromatic heterocycles. The van der Waals surface area contributed by atoms with Gasteiger partial charge < -0.3 is 4.74 Å². The van der Waals surface area contributed by atoms with Gasteiger partial charge in [0.15, 0.2) is 0 Å². The number of hydrogen-bond acceptors (Lipinski definition) is 4. The number of ether oxygens (including phenoxy) is 1. The molecule has 1 amide bonds. The molecule has 0 heterocycles. The van der Waals surface area contributed by atoms with Gasteiger partial charge in [-0.2, -0.15) is 0 Å². The Morgan fingerprint density at radius 1 is 1.50 bits per heavy atom. The molecule has 0 atom stereocenters. The van der Waals surface area contributed by atoms with Crippen LogP contribution >= 0.6 is 0 Å². The minimum Gasteiger partial charge on any atom is -0.449 e. The van der Waals surface area contributed by atoms with E-state index in [-0.39, 0.29) is 5.69 Å². The van der Waals surface area contributed by atoms with E-state index in [1.165, 1.54) is 6.07 Å². The number of aryl methyl sites for hydroxylation is 1. The van der Waals surface area contributed by atoms with E-state index in [2.05, 4.69) is 5.32 Å². The van der Waals surface area contributed by atoms with Crippen molar-refractivity contribution in [3.63, 3.8) is 0 Å². The lowest BCUT2D eigenvalue weighted by atomic mass is 10.2. The lowest BCUT2D eigenvalue weighted by Crippen LogP contribution is -2.14. The summed E-state index contributed by atoms with van der Waals surface area (Å²) in [6.45, 7) is 3.97. The number of nitro groups is 1. The number of carbonyl (C=O) groups is 1. The Hall–Kier alpha value is -2.11. The summed E-state index contributed by atoms with van der Waals surface area (Å²) in [5, 5.41) is 13.2. The number of nitro benzene ring substituents is 1. The highest BCUT2D eigenvalue weighted by Crippen LogP contribution is 2.22. The van der Waals surface area contributed by atoms with Gasteiger partial charge in [-0.05, 0) is 19.4 Å². The zero-order valence-electron chi connectivity index (χ0n) is 10.4. The molecule has 0 bridgehead atoms. The van der Waals surface area contributed by atoms with E-state index >= 15 is 0 Å². The normalized spacial score (nSPS) is 9.89. The van der Waals surface area contributed by atoms with E-state index in [0.29, 0.717) is 17.9 Å². The van der Waals surface area contributed by atoms with Crippen LogP contribution < -0.4 is 5.32 Å². The van der Waals surface area contributed by atoms with Gasteiger partial charge in [0.2, 0.25) is 0 Å². The number of nitrogens with one attached hydrogen (secondary N) is 1. The molecule has 1 aromatic carbocycles. The summed E-state index contributed by atoms with van der Waals surface area (Å²) in [6, 6.07) is 4.50. The predicted molar refractivity (Wildman–Crippen MR) is 67.7 cm³/mol. The number of hydrogen-bond donors (Lipinski definition) is 1. The molecule has 0 spiro atoms. The molecule has 6 nitrogen and oxygen atoms in total. The second-order valence-electron chi connectivity index (χ2n) is 3.87. The fraction of sp³-hybridized carbons (Fsp3) is 0.417. The summed E-state index contributed by atoms with van der Waals surface area (Å²) in [6.07, 6.45) is 1.13. The van der Waals surface area contributed by atoms with Gasteiger partial charge in [-0.25, -0.2) is 4.79 Å². The standard InChI is InChI=1S/C12H16N2O4/c1-3-4-7-18-12(15)13-10-6-5-9(2)11(8-10)14(16)17/h5-6,8H,3-4,7H2,1-2H3,(H,13,15). The molecule has 0 saturated heterocycles. The molecule has 98 valence electrons. The number of carbonyl (C=O) groups excluding carboxylic acids is 1. The van der Waals surface area contributed by atoms with Crippen LogP contribution in [0, 0.1) is 17.0 Å². The molecule has 0 fully saturated rings. The highest BCUT2D eigenvalue weighted by Gasteiger charge is 2.12. The van der Waals surface area contributed by atoms with Gasteiger partial charge in [0.05, 0.1) is 17.2 Å². The maximum absolute atomic E-state index is 11.4. The summed E-state index contributed by atoms with van der Waals surface area (Å²) >= 11 is 0. The maximum Gasteiger partial charge on any atom is 0.411 e. The van der Waals surface area contributed by atoms with Crippen LogP contribution in [0.2, 0.25) is 0 Å². The van der Waals surface area contributed by atoms with Crippen LogP contribution in [-0.4, -0.2) is 17.6 Å². The lowest BCUT2D eigenvalue weighted by Gasteiger charge is -2.07. The van der Waals surface area contributed by atoms with Crippen molar-refractivity contribution in [1.82, 2.24) is 0 Å². The van der Waals surface area contributed by atoms with Gasteiger partial charge in [0, 0.05) is 11.6 Å². The monoisotopic (exact) mass is 252 g/mol. The van der Waals surface area contributed by atoms with Gasteiger partial charge >= 0.3 is 6.09 Å². The second-order valence-corrected chi connectivity index (χ2v) is 3.87. The Bertz CT molecular complexity index is 446. The van der Waals surface area contributed by atoms with Crippen molar-refractivity contribution in [3.05, 3.63) is 33.9 Å². The van der Waals surface area contributed by atoms with Crippen molar-refractivity contribution in [3.8, 4) is 0 Å². The predicted octanol–water partition coefficient (Wildman–Crippen LogP) is 3.25. The van der Waals surface area contributed by atoms with Crippen molar-refractivity contribution >= 4 is 17.5 Å². The largest absolute Gasteiger partial charge is 0.449 e. The highest BCUT2D eigenvalue weighted by molar-refractivity contribution is 5.85. The first-order valence-corrected chi connectivity index (χ1v) is 5.73. The van der Waals surface area contributed by atoms with E-state index in [1.54, 1.807) is 19.1 Å². The Balaban J connectivity index is 2.65. The summed E-state index contributed by atoms with van der Waals surface area (Å²) in [5.41, 5.74) is 0.875. The molecule has 0 aliphatic heterocycles. The van der Waals surface area contributed by atoms with Crippen LogP contribution in [0.15, 0.2) is 18.2 Å². The third-order valence-corrected chi connectivity index (χ3v) is 2.38. The van der Waals surface area contributed by atoms with Crippen molar-refractivity contribution in [2.75, 3.05) is 11.9 Å². The van der Waals surface area contributed by atoms with E-state index in [9.17, 15) is 14.9 Å². The van der Waals surface area contributed by atoms with Crippen molar-refractivity contribution in [1.29, 1.82) is 0 Å². The molecule has 0 unspecified atom stereocenters. The Morgan fingerprint density at radius 3 is 2.83 bits per heavy atom. The lowest BCUT2D eigenvalue weighted by molar-refractivity contribution is -0.385. The minimum absolute atomic E-state index is 0.0265. The van der Waals surface area contributed by atoms with Crippen LogP contribution in [-0.2, 0) is 4.74 Å². The topological polar surface area (TPSA) is 81.5 Å². The summed E-state index contributed by atoms with van der Waals surface area (Å²) < 4.78 is 4.90. The van der Waals surface area contributed by atoms with Gasteiger partial charge in [-0.3, -0.25) is 15.4 Å². The van der Waals surface area contributed by atoms with Crippen molar-refractivity contribution in [2.45, 2.75) is 26.7 Å². The van der Waals surface area contributed by atoms with Gasteiger partial charge in [0.25, 0.3) is 5.69 Å². The molecule has 6 heteroatoms. The summed E-state index contributed by atoms with van der Waals surface area (Å²) in [4.78, 5) is 21.6. The maximum atomic E-state index is 11.4. The molecular weight excluding hydrogens is 236 g/mol. The fourth-order valence-electron chi connectivity index (χ4n) is 1.35. The number of benzene rings is 1. The fourth-order valence-corrected chi connectivity index (χ4v) is 1.35. The number of nitrogens with zero attached hydrogens (tertiary/aromatic N) is 1. The Labute approximate surface area is 105 Å². The second kappa shape index (κ2) is 6.58. The third-order valence-electron chi connectivity index (χ3n) is 2.38. The number of rotatable bonds is 5. The Morgan fingerprint density at radius 2 is 2.22 bits per heavy atom. The first-order chi connectivity index (χ1) is 8.54. The number of unbranched alkanes of at least 4 members (excludes halogenated alkanes) is 1. The smallest absolute Gasteiger partial charge is 0.411 e. The average molecular weight is 252 g/mol. The highest BCUT2D eigenvalue weighted by atomic mass is 16.6. The molecule has 0 aliphatic rings. The first-order valence-electron chi connectivity index (χ1n) is 5.73. The third kappa shape index (κ3) is 4.04. The zero-order chi connectivity index (χ0) is 13.5. The quantitative estimate of drug-likeness (QED) is 0.495. The van der Waals surface area contributed by atoms with E-state index < -0.39 is 11.0 Å². The van der Waals surface area contributed by atoms with Crippen LogP contribution in [0.3, 0.4) is 0 Å². The van der Waals surface area contributed by atoms with Crippen molar-refractivity contribution < 1.29 is 14.5 Å². The zero-order valence-corrected chi connectivity index (χ0v) is 10.4. The molecule has 1 N–H and O–H groups in total. The molecule has 0 radical (unpaired) electrons. The average Bonchev–Trinajstić information content (AvgIpc) is 2.31. The molecule has 18 heavy (non-hydrogen) atoms. The summed E-state index contributed by atoms with van der Waals surface area (Å²) in [7, 11) is 0. The van der Waals surface area contributed by atoms with E-state index in [1.807, 2.05) is 6.92 Å². The number of amides is 1. The van der Waals surface area contributed by atoms with Crippen molar-refractivity contribution in [2.24, 2.45) is 0 Å². The minimum atomic E-state index is -0.596. The van der Waals surface area contributed by atoms with Crippen LogP contribution in [0.4, 0.5) is 16.2 Å². The molecule has 0 aliphatic carbocycles. The van der Waals surface area contributed by atoms with Crippen LogP contribution in [0.25, 0.3) is 0 Å². The molecule has 0 saturated carbocycles. The van der Waals surface area contributed by atoms with E-state index in [4.69, 9.17) is 4.74 Å². The SMILES string of the molecule is CCCCOC(=O)Nc1ccc(C)c([N+](=O)[O-])c1.